The Hall–Kier alpha value is -1.88. The van der Waals surface area contributed by atoms with Crippen molar-refractivity contribution in [3.63, 3.8) is 0 Å². The zero-order valence-electron chi connectivity index (χ0n) is 14.1. The van der Waals surface area contributed by atoms with Crippen LogP contribution in [0.2, 0.25) is 0 Å². The first-order valence-corrected chi connectivity index (χ1v) is 9.09. The SMILES string of the molecule is NCC(NC(=O)c1cccc(NC(=O)C2CCCCC2)c1)C1CC1. The normalized spacial score (nSPS) is 19.5. The van der Waals surface area contributed by atoms with Crippen LogP contribution in [0.1, 0.15) is 55.3 Å². The molecule has 24 heavy (non-hydrogen) atoms. The Morgan fingerprint density at radius 3 is 2.54 bits per heavy atom. The average Bonchev–Trinajstić information content (AvgIpc) is 3.45. The van der Waals surface area contributed by atoms with Crippen molar-refractivity contribution in [1.29, 1.82) is 0 Å². The third kappa shape index (κ3) is 4.35. The number of benzene rings is 1. The fraction of sp³-hybridized carbons (Fsp3) is 0.579. The number of amides is 2. The molecular weight excluding hydrogens is 302 g/mol. The lowest BCUT2D eigenvalue weighted by Gasteiger charge is -2.21. The molecule has 1 aromatic carbocycles. The molecule has 0 radical (unpaired) electrons. The van der Waals surface area contributed by atoms with E-state index in [9.17, 15) is 9.59 Å². The van der Waals surface area contributed by atoms with Gasteiger partial charge in [-0.05, 0) is 49.8 Å². The number of rotatable bonds is 6. The van der Waals surface area contributed by atoms with E-state index in [1.807, 2.05) is 6.07 Å². The first kappa shape index (κ1) is 17.0. The highest BCUT2D eigenvalue weighted by Crippen LogP contribution is 2.32. The summed E-state index contributed by atoms with van der Waals surface area (Å²) in [5.41, 5.74) is 7.00. The van der Waals surface area contributed by atoms with Gasteiger partial charge in [0.1, 0.15) is 0 Å². The Labute approximate surface area is 143 Å². The smallest absolute Gasteiger partial charge is 0.251 e. The van der Waals surface area contributed by atoms with Crippen LogP contribution in [-0.2, 0) is 4.79 Å². The minimum Gasteiger partial charge on any atom is -0.348 e. The van der Waals surface area contributed by atoms with Gasteiger partial charge < -0.3 is 16.4 Å². The van der Waals surface area contributed by atoms with Crippen LogP contribution in [0, 0.1) is 11.8 Å². The molecule has 0 heterocycles. The lowest BCUT2D eigenvalue weighted by Crippen LogP contribution is -2.41. The molecular formula is C19H27N3O2. The van der Waals surface area contributed by atoms with Crippen molar-refractivity contribution in [2.24, 2.45) is 17.6 Å². The number of nitrogens with two attached hydrogens (primary N) is 1. The van der Waals surface area contributed by atoms with Gasteiger partial charge in [0, 0.05) is 29.8 Å². The van der Waals surface area contributed by atoms with Crippen LogP contribution in [0.5, 0.6) is 0 Å². The van der Waals surface area contributed by atoms with Crippen molar-refractivity contribution < 1.29 is 9.59 Å². The maximum absolute atomic E-state index is 12.4. The van der Waals surface area contributed by atoms with E-state index in [0.29, 0.717) is 23.7 Å². The molecule has 2 saturated carbocycles. The fourth-order valence-electron chi connectivity index (χ4n) is 3.47. The molecule has 2 fully saturated rings. The summed E-state index contributed by atoms with van der Waals surface area (Å²) in [6, 6.07) is 7.21. The molecule has 2 amide bonds. The van der Waals surface area contributed by atoms with Crippen LogP contribution in [0.4, 0.5) is 5.69 Å². The summed E-state index contributed by atoms with van der Waals surface area (Å²) in [5.74, 6) is 0.581. The predicted molar refractivity (Wildman–Crippen MR) is 94.7 cm³/mol. The van der Waals surface area contributed by atoms with Gasteiger partial charge >= 0.3 is 0 Å². The van der Waals surface area contributed by atoms with E-state index >= 15 is 0 Å². The van der Waals surface area contributed by atoms with Gasteiger partial charge in [0.15, 0.2) is 0 Å². The monoisotopic (exact) mass is 329 g/mol. The van der Waals surface area contributed by atoms with Gasteiger partial charge in [-0.2, -0.15) is 0 Å². The zero-order valence-corrected chi connectivity index (χ0v) is 14.1. The third-order valence-corrected chi connectivity index (χ3v) is 5.13. The summed E-state index contributed by atoms with van der Waals surface area (Å²) in [6.07, 6.45) is 7.68. The van der Waals surface area contributed by atoms with Gasteiger partial charge in [0.25, 0.3) is 5.91 Å². The van der Waals surface area contributed by atoms with Gasteiger partial charge in [-0.3, -0.25) is 9.59 Å². The van der Waals surface area contributed by atoms with Gasteiger partial charge in [0.2, 0.25) is 5.91 Å². The number of hydrogen-bond donors (Lipinski definition) is 3. The second-order valence-electron chi connectivity index (χ2n) is 7.06. The molecule has 3 rings (SSSR count). The van der Waals surface area contributed by atoms with Gasteiger partial charge in [-0.15, -0.1) is 0 Å². The van der Waals surface area contributed by atoms with Gasteiger partial charge in [-0.25, -0.2) is 0 Å². The van der Waals surface area contributed by atoms with E-state index in [1.54, 1.807) is 18.2 Å². The molecule has 130 valence electrons. The van der Waals surface area contributed by atoms with E-state index in [1.165, 1.54) is 6.42 Å². The minimum absolute atomic E-state index is 0.0537. The second kappa shape index (κ2) is 7.79. The summed E-state index contributed by atoms with van der Waals surface area (Å²) in [4.78, 5) is 24.7. The first-order valence-electron chi connectivity index (χ1n) is 9.09. The van der Waals surface area contributed by atoms with E-state index in [2.05, 4.69) is 10.6 Å². The van der Waals surface area contributed by atoms with Gasteiger partial charge in [0.05, 0.1) is 0 Å². The molecule has 5 heteroatoms. The molecule has 0 aliphatic heterocycles. The van der Waals surface area contributed by atoms with E-state index in [-0.39, 0.29) is 23.8 Å². The number of carbonyl (C=O) groups excluding carboxylic acids is 2. The quantitative estimate of drug-likeness (QED) is 0.750. The Balaban J connectivity index is 1.60. The summed E-state index contributed by atoms with van der Waals surface area (Å²) in [5, 5.41) is 5.98. The number of hydrogen-bond acceptors (Lipinski definition) is 3. The number of carbonyl (C=O) groups is 2. The Morgan fingerprint density at radius 1 is 1.12 bits per heavy atom. The highest BCUT2D eigenvalue weighted by atomic mass is 16.2. The third-order valence-electron chi connectivity index (χ3n) is 5.13. The molecule has 2 aliphatic rings. The molecule has 0 aromatic heterocycles. The Kier molecular flexibility index (Phi) is 5.51. The lowest BCUT2D eigenvalue weighted by atomic mass is 9.88. The maximum Gasteiger partial charge on any atom is 0.251 e. The van der Waals surface area contributed by atoms with Crippen molar-refractivity contribution in [3.05, 3.63) is 29.8 Å². The molecule has 0 saturated heterocycles. The fourth-order valence-corrected chi connectivity index (χ4v) is 3.47. The average molecular weight is 329 g/mol. The highest BCUT2D eigenvalue weighted by molar-refractivity contribution is 5.97. The number of nitrogens with one attached hydrogen (secondary N) is 2. The molecule has 2 aliphatic carbocycles. The van der Waals surface area contributed by atoms with Crippen LogP contribution in [0.15, 0.2) is 24.3 Å². The van der Waals surface area contributed by atoms with Crippen LogP contribution < -0.4 is 16.4 Å². The zero-order chi connectivity index (χ0) is 16.9. The molecule has 5 nitrogen and oxygen atoms in total. The second-order valence-corrected chi connectivity index (χ2v) is 7.06. The molecule has 1 unspecified atom stereocenters. The van der Waals surface area contributed by atoms with E-state index < -0.39 is 0 Å². The van der Waals surface area contributed by atoms with Crippen molar-refractivity contribution in [2.75, 3.05) is 11.9 Å². The van der Waals surface area contributed by atoms with Crippen molar-refractivity contribution in [1.82, 2.24) is 5.32 Å². The summed E-state index contributed by atoms with van der Waals surface area (Å²) >= 11 is 0. The molecule has 1 aromatic rings. The van der Waals surface area contributed by atoms with Crippen LogP contribution in [0.3, 0.4) is 0 Å². The Morgan fingerprint density at radius 2 is 1.88 bits per heavy atom. The Bertz CT molecular complexity index is 592. The predicted octanol–water partition coefficient (Wildman–Crippen LogP) is 2.67. The highest BCUT2D eigenvalue weighted by Gasteiger charge is 2.31. The van der Waals surface area contributed by atoms with Crippen LogP contribution in [-0.4, -0.2) is 24.4 Å². The molecule has 0 spiro atoms. The summed E-state index contributed by atoms with van der Waals surface area (Å²) in [7, 11) is 0. The largest absolute Gasteiger partial charge is 0.348 e. The standard InChI is InChI=1S/C19H27N3O2/c20-12-17(13-9-10-13)22-19(24)15-7-4-8-16(11-15)21-18(23)14-5-2-1-3-6-14/h4,7-8,11,13-14,17H,1-3,5-6,9-10,12,20H2,(H,21,23)(H,22,24). The number of anilines is 1. The topological polar surface area (TPSA) is 84.2 Å². The summed E-state index contributed by atoms with van der Waals surface area (Å²) in [6.45, 7) is 0.467. The van der Waals surface area contributed by atoms with E-state index in [0.717, 1.165) is 38.5 Å². The molecule has 0 bridgehead atoms. The van der Waals surface area contributed by atoms with Crippen LogP contribution in [0.25, 0.3) is 0 Å². The van der Waals surface area contributed by atoms with Crippen molar-refractivity contribution in [2.45, 2.75) is 51.0 Å². The van der Waals surface area contributed by atoms with Gasteiger partial charge in [-0.1, -0.05) is 25.3 Å². The van der Waals surface area contributed by atoms with Crippen molar-refractivity contribution >= 4 is 17.5 Å². The summed E-state index contributed by atoms with van der Waals surface area (Å²) < 4.78 is 0. The van der Waals surface area contributed by atoms with E-state index in [4.69, 9.17) is 5.73 Å². The molecule has 4 N–H and O–H groups in total. The maximum atomic E-state index is 12.4. The van der Waals surface area contributed by atoms with Crippen LogP contribution >= 0.6 is 0 Å². The first-order chi connectivity index (χ1) is 11.7. The lowest BCUT2D eigenvalue weighted by molar-refractivity contribution is -0.120. The molecule has 1 atom stereocenters. The van der Waals surface area contributed by atoms with Crippen molar-refractivity contribution in [3.8, 4) is 0 Å². The minimum atomic E-state index is -0.119.